The second-order valence-corrected chi connectivity index (χ2v) is 7.17. The number of benzene rings is 1. The molecule has 1 amide bonds. The minimum Gasteiger partial charge on any atom is -0.462 e. The number of pyridine rings is 1. The molecule has 1 N–H and O–H groups in total. The smallest absolute Gasteiger partial charge is 0.345 e. The van der Waals surface area contributed by atoms with Crippen molar-refractivity contribution in [2.24, 2.45) is 11.8 Å². The lowest BCUT2D eigenvalue weighted by Crippen LogP contribution is -2.25. The number of carbonyl (C=O) groups is 2. The predicted molar refractivity (Wildman–Crippen MR) is 112 cm³/mol. The lowest BCUT2D eigenvalue weighted by Gasteiger charge is -2.18. The number of amides is 1. The number of hydrogen-bond donors (Lipinski definition) is 1. The largest absolute Gasteiger partial charge is 0.462 e. The fourth-order valence-electron chi connectivity index (χ4n) is 3.15. The van der Waals surface area contributed by atoms with Crippen LogP contribution in [0.5, 0.6) is 0 Å². The van der Waals surface area contributed by atoms with E-state index in [9.17, 15) is 14.4 Å². The maximum Gasteiger partial charge on any atom is 0.345 e. The van der Waals surface area contributed by atoms with Crippen molar-refractivity contribution in [1.82, 2.24) is 9.38 Å². The van der Waals surface area contributed by atoms with Gasteiger partial charge in [0.25, 0.3) is 5.56 Å². The summed E-state index contributed by atoms with van der Waals surface area (Å²) in [6.45, 7) is 7.88. The summed E-state index contributed by atoms with van der Waals surface area (Å²) in [5, 5.41) is 4.52. The van der Waals surface area contributed by atoms with E-state index in [1.54, 1.807) is 25.3 Å². The minimum atomic E-state index is -0.695. The molecular weight excluding hydrogens is 370 g/mol. The van der Waals surface area contributed by atoms with Gasteiger partial charge in [-0.3, -0.25) is 14.0 Å². The predicted octanol–water partition coefficient (Wildman–Crippen LogP) is 3.65. The molecule has 2 atom stereocenters. The van der Waals surface area contributed by atoms with Crippen LogP contribution in [0.1, 0.15) is 44.5 Å². The van der Waals surface area contributed by atoms with E-state index in [0.29, 0.717) is 16.7 Å². The summed E-state index contributed by atoms with van der Waals surface area (Å²) in [6, 6.07) is 7.26. The van der Waals surface area contributed by atoms with Crippen molar-refractivity contribution in [2.75, 3.05) is 11.9 Å². The number of esters is 1. The molecule has 2 heterocycles. The van der Waals surface area contributed by atoms with E-state index in [1.807, 2.05) is 19.1 Å². The molecular formula is C22H25N3O4. The van der Waals surface area contributed by atoms with Crippen LogP contribution in [-0.2, 0) is 9.53 Å². The molecule has 152 valence electrons. The first-order valence-electron chi connectivity index (χ1n) is 9.79. The standard InChI is InChI=1S/C22H25N3O4/c1-5-13(3)14(4)20(26)24-16-8-7-15-9-10-25-19(17(15)11-16)23-12-18(21(25)27)22(28)29-6-2/h7-14H,5-6H2,1-4H3,(H,24,26). The Morgan fingerprint density at radius 1 is 1.21 bits per heavy atom. The van der Waals surface area contributed by atoms with Crippen LogP contribution in [-0.4, -0.2) is 27.9 Å². The van der Waals surface area contributed by atoms with Crippen molar-refractivity contribution < 1.29 is 14.3 Å². The van der Waals surface area contributed by atoms with E-state index >= 15 is 0 Å². The van der Waals surface area contributed by atoms with E-state index in [1.165, 1.54) is 10.6 Å². The molecule has 0 saturated heterocycles. The fourth-order valence-corrected chi connectivity index (χ4v) is 3.15. The highest BCUT2D eigenvalue weighted by atomic mass is 16.5. The third kappa shape index (κ3) is 3.99. The Morgan fingerprint density at radius 3 is 2.66 bits per heavy atom. The Balaban J connectivity index is 2.04. The van der Waals surface area contributed by atoms with Crippen LogP contribution in [0.3, 0.4) is 0 Å². The topological polar surface area (TPSA) is 89.8 Å². The zero-order valence-corrected chi connectivity index (χ0v) is 17.1. The monoisotopic (exact) mass is 395 g/mol. The van der Waals surface area contributed by atoms with Crippen LogP contribution in [0.4, 0.5) is 5.69 Å². The Hall–Kier alpha value is -3.22. The van der Waals surface area contributed by atoms with Crippen molar-refractivity contribution in [2.45, 2.75) is 34.1 Å². The molecule has 1 aromatic carbocycles. The van der Waals surface area contributed by atoms with Gasteiger partial charge in [0.1, 0.15) is 11.2 Å². The molecule has 7 nitrogen and oxygen atoms in total. The average molecular weight is 395 g/mol. The quantitative estimate of drug-likeness (QED) is 0.508. The van der Waals surface area contributed by atoms with Crippen LogP contribution in [0.15, 0.2) is 41.5 Å². The van der Waals surface area contributed by atoms with Crippen molar-refractivity contribution >= 4 is 34.0 Å². The number of anilines is 1. The highest BCUT2D eigenvalue weighted by Gasteiger charge is 2.19. The Kier molecular flexibility index (Phi) is 5.96. The molecule has 7 heteroatoms. The number of nitrogens with zero attached hydrogens (tertiary/aromatic N) is 2. The lowest BCUT2D eigenvalue weighted by atomic mass is 9.93. The summed E-state index contributed by atoms with van der Waals surface area (Å²) in [5.74, 6) is -0.581. The number of hydrogen-bond acceptors (Lipinski definition) is 5. The highest BCUT2D eigenvalue weighted by molar-refractivity contribution is 6.00. The zero-order chi connectivity index (χ0) is 21.1. The van der Waals surface area contributed by atoms with Gasteiger partial charge in [-0.1, -0.05) is 33.3 Å². The molecule has 2 aromatic heterocycles. The van der Waals surface area contributed by atoms with Gasteiger partial charge in [-0.15, -0.1) is 0 Å². The van der Waals surface area contributed by atoms with Gasteiger partial charge >= 0.3 is 5.97 Å². The van der Waals surface area contributed by atoms with Crippen molar-refractivity contribution in [1.29, 1.82) is 0 Å². The molecule has 0 spiro atoms. The van der Waals surface area contributed by atoms with Crippen LogP contribution < -0.4 is 10.9 Å². The molecule has 0 aliphatic carbocycles. The third-order valence-corrected chi connectivity index (χ3v) is 5.36. The van der Waals surface area contributed by atoms with Crippen LogP contribution >= 0.6 is 0 Å². The Bertz CT molecular complexity index is 1140. The molecule has 0 aliphatic heterocycles. The SMILES string of the molecule is CCOC(=O)c1cnc2c3cc(NC(=O)C(C)C(C)CC)ccc3ccn2c1=O. The number of rotatable bonds is 6. The molecule has 0 fully saturated rings. The molecule has 3 rings (SSSR count). The van der Waals surface area contributed by atoms with E-state index < -0.39 is 11.5 Å². The van der Waals surface area contributed by atoms with Gasteiger partial charge in [0.15, 0.2) is 0 Å². The molecule has 0 radical (unpaired) electrons. The van der Waals surface area contributed by atoms with Crippen molar-refractivity contribution in [3.63, 3.8) is 0 Å². The summed E-state index contributed by atoms with van der Waals surface area (Å²) in [5.41, 5.74) is 0.437. The summed E-state index contributed by atoms with van der Waals surface area (Å²) < 4.78 is 6.24. The van der Waals surface area contributed by atoms with Crippen LogP contribution in [0, 0.1) is 11.8 Å². The zero-order valence-electron chi connectivity index (χ0n) is 17.1. The molecule has 2 unspecified atom stereocenters. The van der Waals surface area contributed by atoms with Gasteiger partial charge in [0.05, 0.1) is 6.61 Å². The van der Waals surface area contributed by atoms with Gasteiger partial charge in [-0.05, 0) is 36.4 Å². The Labute approximate surface area is 168 Å². The Morgan fingerprint density at radius 2 is 1.97 bits per heavy atom. The van der Waals surface area contributed by atoms with Crippen LogP contribution in [0.2, 0.25) is 0 Å². The maximum absolute atomic E-state index is 12.7. The number of nitrogens with one attached hydrogen (secondary N) is 1. The average Bonchev–Trinajstić information content (AvgIpc) is 2.72. The van der Waals surface area contributed by atoms with E-state index in [2.05, 4.69) is 24.1 Å². The molecule has 29 heavy (non-hydrogen) atoms. The van der Waals surface area contributed by atoms with E-state index in [0.717, 1.165) is 11.8 Å². The molecule has 0 saturated carbocycles. The first-order valence-corrected chi connectivity index (χ1v) is 9.79. The maximum atomic E-state index is 12.7. The number of ether oxygens (including phenoxy) is 1. The summed E-state index contributed by atoms with van der Waals surface area (Å²) in [4.78, 5) is 41.5. The van der Waals surface area contributed by atoms with E-state index in [4.69, 9.17) is 4.74 Å². The van der Waals surface area contributed by atoms with Gasteiger partial charge in [0, 0.05) is 29.4 Å². The first kappa shape index (κ1) is 20.5. The number of aromatic nitrogens is 2. The summed E-state index contributed by atoms with van der Waals surface area (Å²) >= 11 is 0. The molecule has 0 aliphatic rings. The summed E-state index contributed by atoms with van der Waals surface area (Å²) in [7, 11) is 0. The number of fused-ring (bicyclic) bond motifs is 3. The molecule has 3 aromatic rings. The van der Waals surface area contributed by atoms with Crippen LogP contribution in [0.25, 0.3) is 16.4 Å². The van der Waals surface area contributed by atoms with E-state index in [-0.39, 0.29) is 29.9 Å². The molecule has 0 bridgehead atoms. The first-order chi connectivity index (χ1) is 13.9. The van der Waals surface area contributed by atoms with Crippen molar-refractivity contribution in [3.05, 3.63) is 52.6 Å². The number of carbonyl (C=O) groups excluding carboxylic acids is 2. The van der Waals surface area contributed by atoms with Gasteiger partial charge < -0.3 is 10.1 Å². The minimum absolute atomic E-state index is 0.0475. The van der Waals surface area contributed by atoms with Gasteiger partial charge in [-0.2, -0.15) is 0 Å². The lowest BCUT2D eigenvalue weighted by molar-refractivity contribution is -0.120. The fraction of sp³-hybridized carbons (Fsp3) is 0.364. The highest BCUT2D eigenvalue weighted by Crippen LogP contribution is 2.24. The van der Waals surface area contributed by atoms with Crippen molar-refractivity contribution in [3.8, 4) is 0 Å². The second kappa shape index (κ2) is 8.43. The summed E-state index contributed by atoms with van der Waals surface area (Å²) in [6.07, 6.45) is 3.75. The van der Waals surface area contributed by atoms with Gasteiger partial charge in [-0.25, -0.2) is 9.78 Å². The third-order valence-electron chi connectivity index (χ3n) is 5.36. The second-order valence-electron chi connectivity index (χ2n) is 7.17. The normalized spacial score (nSPS) is 13.2. The van der Waals surface area contributed by atoms with Gasteiger partial charge in [0.2, 0.25) is 5.91 Å².